The van der Waals surface area contributed by atoms with Gasteiger partial charge in [-0.05, 0) is 76.9 Å². The van der Waals surface area contributed by atoms with E-state index in [4.69, 9.17) is 29.1 Å². The summed E-state index contributed by atoms with van der Waals surface area (Å²) < 4.78 is 27.9. The number of nitrogens with one attached hydrogen (secondary N) is 1. The minimum Gasteiger partial charge on any atom is -0.508 e. The third-order valence-electron chi connectivity index (χ3n) is 7.33. The number of hydrogen-bond donors (Lipinski definition) is 5. The number of primary amides is 1. The van der Waals surface area contributed by atoms with Gasteiger partial charge in [-0.3, -0.25) is 4.79 Å². The number of aliphatic hydroxyl groups is 1. The molecule has 0 saturated carbocycles. The Morgan fingerprint density at radius 3 is 2.50 bits per heavy atom. The number of rotatable bonds is 8. The summed E-state index contributed by atoms with van der Waals surface area (Å²) in [6.45, 7) is 8.68. The van der Waals surface area contributed by atoms with E-state index in [1.807, 2.05) is 19.9 Å². The maximum Gasteiger partial charge on any atom is 0.405 e. The molecule has 4 rings (SSSR count). The number of nitrogens with two attached hydrogens (primary N) is 1. The summed E-state index contributed by atoms with van der Waals surface area (Å²) >= 11 is 0. The fourth-order valence-corrected chi connectivity index (χ4v) is 5.07. The minimum absolute atomic E-state index is 0.0170. The predicted molar refractivity (Wildman–Crippen MR) is 159 cm³/mol. The Balaban J connectivity index is 1.65. The van der Waals surface area contributed by atoms with Crippen LogP contribution in [0.3, 0.4) is 0 Å². The number of hydrogen-bond acceptors (Lipinski definition) is 11. The van der Waals surface area contributed by atoms with Gasteiger partial charge in [0, 0.05) is 18.2 Å². The predicted octanol–water partition coefficient (Wildman–Crippen LogP) is 3.63. The first-order valence-electron chi connectivity index (χ1n) is 13.7. The quantitative estimate of drug-likeness (QED) is 0.184. The van der Waals surface area contributed by atoms with Crippen molar-refractivity contribution in [2.24, 2.45) is 5.73 Å². The molecule has 1 aromatic heterocycles. The molecule has 0 aliphatic carbocycles. The zero-order valence-corrected chi connectivity index (χ0v) is 25.2. The first-order valence-corrected chi connectivity index (χ1v) is 13.7. The van der Waals surface area contributed by atoms with Crippen LogP contribution in [0.5, 0.6) is 17.2 Å². The molecule has 0 unspecified atom stereocenters. The molecular formula is C31H36N2O11. The second-order valence-corrected chi connectivity index (χ2v) is 11.2. The van der Waals surface area contributed by atoms with E-state index in [9.17, 15) is 29.7 Å². The van der Waals surface area contributed by atoms with E-state index in [-0.39, 0.29) is 33.6 Å². The number of aryl methyl sites for hydroxylation is 1. The third kappa shape index (κ3) is 6.49. The molecule has 2 heterocycles. The number of phenolic OH excluding ortho intramolecular Hbond substituents is 1. The van der Waals surface area contributed by atoms with Crippen LogP contribution in [-0.4, -0.2) is 64.6 Å². The molecule has 1 aliphatic rings. The highest BCUT2D eigenvalue weighted by atomic mass is 16.7. The Morgan fingerprint density at radius 2 is 1.86 bits per heavy atom. The van der Waals surface area contributed by atoms with Crippen LogP contribution in [0.15, 0.2) is 51.2 Å². The molecule has 13 heteroatoms. The highest BCUT2D eigenvalue weighted by Gasteiger charge is 2.53. The average molecular weight is 613 g/mol. The van der Waals surface area contributed by atoms with Crippen molar-refractivity contribution in [3.63, 3.8) is 0 Å². The summed E-state index contributed by atoms with van der Waals surface area (Å²) in [6, 6.07) is 7.11. The summed E-state index contributed by atoms with van der Waals surface area (Å²) in [7, 11) is 1.37. The van der Waals surface area contributed by atoms with Gasteiger partial charge in [-0.2, -0.15) is 0 Å². The van der Waals surface area contributed by atoms with Gasteiger partial charge < -0.3 is 49.7 Å². The lowest BCUT2D eigenvalue weighted by molar-refractivity contribution is -0.304. The van der Waals surface area contributed by atoms with Gasteiger partial charge in [0.1, 0.15) is 29.3 Å². The van der Waals surface area contributed by atoms with Crippen LogP contribution in [-0.2, 0) is 20.6 Å². The number of carbonyl (C=O) groups excluding carboxylic acids is 2. The summed E-state index contributed by atoms with van der Waals surface area (Å²) in [6.07, 6.45) is -3.86. The monoisotopic (exact) mass is 612 g/mol. The number of methoxy groups -OCH3 is 1. The maximum atomic E-state index is 13.0. The van der Waals surface area contributed by atoms with E-state index < -0.39 is 59.3 Å². The standard InChI is InChI=1S/C31H36N2O11/c1-14(2)7-8-16-13-17(9-11-19(16)34)27(37)33-21-22(35)18-10-12-20(15(3)24(18)42-28(21)38)41-29-25(43-30(32)39)23(36)26(40-6)31(4,5)44-29/h7,9-13,23,25-26,29,34-36H,8H2,1-6H3,(H2,32,39)(H,33,37)/t23-,25+,26-,29-/m0/s1. The van der Waals surface area contributed by atoms with Crippen LogP contribution in [0.4, 0.5) is 10.5 Å². The van der Waals surface area contributed by atoms with E-state index in [2.05, 4.69) is 5.32 Å². The summed E-state index contributed by atoms with van der Waals surface area (Å²) in [4.78, 5) is 37.6. The number of carbonyl (C=O) groups is 2. The van der Waals surface area contributed by atoms with E-state index in [1.54, 1.807) is 20.8 Å². The van der Waals surface area contributed by atoms with E-state index in [0.29, 0.717) is 12.0 Å². The van der Waals surface area contributed by atoms with Crippen molar-refractivity contribution in [1.29, 1.82) is 0 Å². The number of aromatic hydroxyl groups is 2. The van der Waals surface area contributed by atoms with Crippen molar-refractivity contribution in [1.82, 2.24) is 0 Å². The van der Waals surface area contributed by atoms with Crippen LogP contribution in [0.2, 0.25) is 0 Å². The van der Waals surface area contributed by atoms with Gasteiger partial charge in [0.05, 0.1) is 11.0 Å². The SMILES string of the molecule is CO[C@H]1[C@@H](O)[C@@H](OC(N)=O)[C@@H](Oc2ccc3c(O)c(NC(=O)c4ccc(O)c(CC=C(C)C)c4)c(=O)oc3c2C)OC1(C)C. The van der Waals surface area contributed by atoms with Crippen molar-refractivity contribution in [3.05, 3.63) is 69.1 Å². The number of anilines is 1. The number of allylic oxidation sites excluding steroid dienone is 2. The molecule has 2 aromatic carbocycles. The van der Waals surface area contributed by atoms with Gasteiger partial charge >= 0.3 is 11.7 Å². The van der Waals surface area contributed by atoms with Gasteiger partial charge in [-0.1, -0.05) is 11.6 Å². The van der Waals surface area contributed by atoms with Crippen molar-refractivity contribution in [2.45, 2.75) is 71.2 Å². The Labute approximate surface area is 252 Å². The van der Waals surface area contributed by atoms with Gasteiger partial charge in [0.25, 0.3) is 5.91 Å². The molecule has 1 fully saturated rings. The molecule has 3 aromatic rings. The molecule has 4 atom stereocenters. The third-order valence-corrected chi connectivity index (χ3v) is 7.33. The highest BCUT2D eigenvalue weighted by Crippen LogP contribution is 2.38. The summed E-state index contributed by atoms with van der Waals surface area (Å²) in [5.74, 6) is -1.10. The van der Waals surface area contributed by atoms with Gasteiger partial charge in [0.15, 0.2) is 17.5 Å². The molecule has 1 saturated heterocycles. The van der Waals surface area contributed by atoms with E-state index in [0.717, 1.165) is 5.57 Å². The molecule has 0 radical (unpaired) electrons. The van der Waals surface area contributed by atoms with Crippen molar-refractivity contribution >= 4 is 28.7 Å². The topological polar surface area (TPSA) is 200 Å². The van der Waals surface area contributed by atoms with Crippen LogP contribution in [0, 0.1) is 6.92 Å². The number of phenols is 1. The Kier molecular flexibility index (Phi) is 9.23. The first kappa shape index (κ1) is 32.3. The second kappa shape index (κ2) is 12.6. The Hall–Kier alpha value is -4.59. The number of ether oxygens (including phenoxy) is 4. The van der Waals surface area contributed by atoms with Gasteiger partial charge in [-0.15, -0.1) is 0 Å². The van der Waals surface area contributed by atoms with Crippen LogP contribution >= 0.6 is 0 Å². The molecule has 236 valence electrons. The minimum atomic E-state index is -1.37. The van der Waals surface area contributed by atoms with Gasteiger partial charge in [-0.25, -0.2) is 9.59 Å². The maximum absolute atomic E-state index is 13.0. The largest absolute Gasteiger partial charge is 0.508 e. The zero-order valence-electron chi connectivity index (χ0n) is 25.2. The molecule has 13 nitrogen and oxygen atoms in total. The molecule has 44 heavy (non-hydrogen) atoms. The lowest BCUT2D eigenvalue weighted by atomic mass is 9.89. The molecule has 0 spiro atoms. The average Bonchev–Trinajstić information content (AvgIpc) is 2.94. The second-order valence-electron chi connectivity index (χ2n) is 11.2. The molecular weight excluding hydrogens is 576 g/mol. The lowest BCUT2D eigenvalue weighted by Crippen LogP contribution is -2.65. The highest BCUT2D eigenvalue weighted by molar-refractivity contribution is 6.06. The number of aliphatic hydroxyl groups excluding tert-OH is 1. The van der Waals surface area contributed by atoms with Crippen molar-refractivity contribution < 1.29 is 48.3 Å². The normalized spacial score (nSPS) is 21.0. The lowest BCUT2D eigenvalue weighted by Gasteiger charge is -2.47. The first-order chi connectivity index (χ1) is 20.6. The zero-order chi connectivity index (χ0) is 32.5. The smallest absolute Gasteiger partial charge is 0.405 e. The molecule has 1 aliphatic heterocycles. The summed E-state index contributed by atoms with van der Waals surface area (Å²) in [5, 5.41) is 34.5. The fraction of sp³-hybridized carbons (Fsp3) is 0.387. The molecule has 2 amide bonds. The van der Waals surface area contributed by atoms with Gasteiger partial charge in [0.2, 0.25) is 6.29 Å². The number of fused-ring (bicyclic) bond motifs is 1. The van der Waals surface area contributed by atoms with Crippen LogP contribution in [0.1, 0.15) is 49.2 Å². The molecule has 6 N–H and O–H groups in total. The molecule has 0 bridgehead atoms. The Bertz CT molecular complexity index is 1670. The van der Waals surface area contributed by atoms with E-state index in [1.165, 1.54) is 37.4 Å². The van der Waals surface area contributed by atoms with E-state index >= 15 is 0 Å². The van der Waals surface area contributed by atoms with Crippen molar-refractivity contribution in [2.75, 3.05) is 12.4 Å². The number of amides is 2. The van der Waals surface area contributed by atoms with Crippen LogP contribution in [0.25, 0.3) is 11.0 Å². The van der Waals surface area contributed by atoms with Crippen LogP contribution < -0.4 is 21.4 Å². The Morgan fingerprint density at radius 1 is 1.16 bits per heavy atom. The van der Waals surface area contributed by atoms with Crippen molar-refractivity contribution in [3.8, 4) is 17.2 Å². The fourth-order valence-electron chi connectivity index (χ4n) is 5.07. The summed E-state index contributed by atoms with van der Waals surface area (Å²) in [5.41, 5.74) is 4.54. The number of benzene rings is 2.